The quantitative estimate of drug-likeness (QED) is 0.941. The molecule has 0 bridgehead atoms. The molecule has 112 valence electrons. The maximum absolute atomic E-state index is 9.63. The van der Waals surface area contributed by atoms with Gasteiger partial charge in [-0.05, 0) is 57.1 Å². The highest BCUT2D eigenvalue weighted by molar-refractivity contribution is 5.81. The monoisotopic (exact) mass is 286 g/mol. The molecule has 1 N–H and O–H groups in total. The second kappa shape index (κ2) is 5.02. The summed E-state index contributed by atoms with van der Waals surface area (Å²) in [6.07, 6.45) is 8.60. The van der Waals surface area contributed by atoms with E-state index in [-0.39, 0.29) is 6.10 Å². The van der Waals surface area contributed by atoms with E-state index in [1.807, 2.05) is 0 Å². The van der Waals surface area contributed by atoms with Crippen LogP contribution in [-0.4, -0.2) is 27.1 Å². The summed E-state index contributed by atoms with van der Waals surface area (Å²) in [7, 11) is 0. The lowest BCUT2D eigenvalue weighted by Gasteiger charge is -2.25. The molecule has 0 atom stereocenters. The van der Waals surface area contributed by atoms with Crippen LogP contribution in [0.5, 0.6) is 5.75 Å². The van der Waals surface area contributed by atoms with E-state index in [0.29, 0.717) is 12.1 Å². The van der Waals surface area contributed by atoms with Crippen molar-refractivity contribution in [3.63, 3.8) is 0 Å². The minimum atomic E-state index is -0.119. The molecule has 0 aliphatic heterocycles. The largest absolute Gasteiger partial charge is 0.490 e. The van der Waals surface area contributed by atoms with Gasteiger partial charge in [-0.15, -0.1) is 0 Å². The van der Waals surface area contributed by atoms with Gasteiger partial charge in [0.15, 0.2) is 0 Å². The number of aliphatic hydroxyl groups excluding tert-OH is 1. The second-order valence-electron chi connectivity index (χ2n) is 6.57. The first-order valence-electron chi connectivity index (χ1n) is 8.03. The van der Waals surface area contributed by atoms with Crippen LogP contribution < -0.4 is 4.74 Å². The minimum Gasteiger partial charge on any atom is -0.490 e. The first-order chi connectivity index (χ1) is 10.2. The first-order valence-corrected chi connectivity index (χ1v) is 8.03. The molecule has 4 heteroatoms. The Morgan fingerprint density at radius 2 is 1.90 bits per heavy atom. The van der Waals surface area contributed by atoms with Crippen molar-refractivity contribution in [2.75, 3.05) is 0 Å². The number of hydrogen-bond acceptors (Lipinski definition) is 3. The Bertz CT molecular complexity index is 652. The molecule has 2 saturated carbocycles. The maximum Gasteiger partial charge on any atom is 0.124 e. The topological polar surface area (TPSA) is 47.3 Å². The summed E-state index contributed by atoms with van der Waals surface area (Å²) in [5.74, 6) is 0.981. The lowest BCUT2D eigenvalue weighted by molar-refractivity contribution is 0.108. The molecule has 1 aromatic heterocycles. The zero-order valence-corrected chi connectivity index (χ0v) is 12.5. The number of aliphatic hydroxyl groups is 1. The fraction of sp³-hybridized carbons (Fsp3) is 0.588. The molecule has 0 unspecified atom stereocenters. The highest BCUT2D eigenvalue weighted by atomic mass is 16.5. The Balaban J connectivity index is 1.62. The van der Waals surface area contributed by atoms with Gasteiger partial charge in [0.1, 0.15) is 5.75 Å². The zero-order chi connectivity index (χ0) is 14.4. The van der Waals surface area contributed by atoms with Gasteiger partial charge in [0.2, 0.25) is 0 Å². The molecule has 2 fully saturated rings. The number of aromatic nitrogens is 2. The van der Waals surface area contributed by atoms with E-state index in [4.69, 9.17) is 9.84 Å². The summed E-state index contributed by atoms with van der Waals surface area (Å²) in [4.78, 5) is 0. The van der Waals surface area contributed by atoms with Crippen LogP contribution in [0.25, 0.3) is 10.9 Å². The molecular weight excluding hydrogens is 264 g/mol. The van der Waals surface area contributed by atoms with E-state index in [2.05, 4.69) is 29.9 Å². The van der Waals surface area contributed by atoms with E-state index >= 15 is 0 Å². The van der Waals surface area contributed by atoms with Gasteiger partial charge in [-0.2, -0.15) is 5.10 Å². The molecular formula is C17H22N2O2. The number of benzene rings is 1. The number of aryl methyl sites for hydroxylation is 1. The molecule has 0 spiro atoms. The Labute approximate surface area is 124 Å². The normalized spacial score (nSPS) is 26.2. The van der Waals surface area contributed by atoms with Crippen molar-refractivity contribution in [2.45, 2.75) is 63.7 Å². The summed E-state index contributed by atoms with van der Waals surface area (Å²) < 4.78 is 8.04. The fourth-order valence-corrected chi connectivity index (χ4v) is 3.19. The second-order valence-corrected chi connectivity index (χ2v) is 6.57. The number of ether oxygens (including phenoxy) is 1. The van der Waals surface area contributed by atoms with Crippen LogP contribution in [0.15, 0.2) is 18.3 Å². The van der Waals surface area contributed by atoms with Crippen LogP contribution in [0, 0.1) is 6.92 Å². The fourth-order valence-electron chi connectivity index (χ4n) is 3.19. The minimum absolute atomic E-state index is 0.119. The summed E-state index contributed by atoms with van der Waals surface area (Å²) >= 11 is 0. The third kappa shape index (κ3) is 2.64. The smallest absolute Gasteiger partial charge is 0.124 e. The molecule has 2 aliphatic carbocycles. The van der Waals surface area contributed by atoms with Crippen molar-refractivity contribution >= 4 is 10.9 Å². The number of rotatable bonds is 3. The van der Waals surface area contributed by atoms with Crippen LogP contribution in [0.4, 0.5) is 0 Å². The molecule has 4 nitrogen and oxygen atoms in total. The Hall–Kier alpha value is -1.55. The molecule has 21 heavy (non-hydrogen) atoms. The highest BCUT2D eigenvalue weighted by Gasteiger charge is 2.25. The van der Waals surface area contributed by atoms with Gasteiger partial charge in [0, 0.05) is 17.6 Å². The third-order valence-electron chi connectivity index (χ3n) is 4.68. The molecule has 4 rings (SSSR count). The Morgan fingerprint density at radius 1 is 1.14 bits per heavy atom. The van der Waals surface area contributed by atoms with E-state index in [0.717, 1.165) is 36.9 Å². The van der Waals surface area contributed by atoms with Gasteiger partial charge in [0.25, 0.3) is 0 Å². The van der Waals surface area contributed by atoms with Crippen molar-refractivity contribution in [1.82, 2.24) is 9.78 Å². The Morgan fingerprint density at radius 3 is 2.62 bits per heavy atom. The van der Waals surface area contributed by atoms with E-state index in [1.165, 1.54) is 23.8 Å². The van der Waals surface area contributed by atoms with Crippen LogP contribution in [0.2, 0.25) is 0 Å². The van der Waals surface area contributed by atoms with Crippen LogP contribution in [0.3, 0.4) is 0 Å². The van der Waals surface area contributed by atoms with Crippen molar-refractivity contribution in [3.8, 4) is 5.75 Å². The van der Waals surface area contributed by atoms with Gasteiger partial charge in [-0.1, -0.05) is 0 Å². The van der Waals surface area contributed by atoms with Crippen LogP contribution in [-0.2, 0) is 0 Å². The molecule has 0 radical (unpaired) electrons. The lowest BCUT2D eigenvalue weighted by atomic mass is 9.93. The van der Waals surface area contributed by atoms with Gasteiger partial charge >= 0.3 is 0 Å². The predicted octanol–water partition coefficient (Wildman–Crippen LogP) is 3.36. The van der Waals surface area contributed by atoms with Gasteiger partial charge in [-0.25, -0.2) is 0 Å². The van der Waals surface area contributed by atoms with Crippen molar-refractivity contribution in [3.05, 3.63) is 23.9 Å². The molecule has 0 amide bonds. The van der Waals surface area contributed by atoms with Crippen molar-refractivity contribution < 1.29 is 9.84 Å². The molecule has 1 heterocycles. The molecule has 1 aromatic carbocycles. The average Bonchev–Trinajstić information content (AvgIpc) is 3.19. The van der Waals surface area contributed by atoms with Gasteiger partial charge in [0.05, 0.1) is 23.8 Å². The molecule has 2 aliphatic rings. The summed E-state index contributed by atoms with van der Waals surface area (Å²) in [6.45, 7) is 2.10. The highest BCUT2D eigenvalue weighted by Crippen LogP contribution is 2.33. The average molecular weight is 286 g/mol. The van der Waals surface area contributed by atoms with Crippen molar-refractivity contribution in [1.29, 1.82) is 0 Å². The molecule has 0 saturated heterocycles. The van der Waals surface area contributed by atoms with Gasteiger partial charge < -0.3 is 9.84 Å². The zero-order valence-electron chi connectivity index (χ0n) is 12.5. The number of nitrogens with zero attached hydrogens (tertiary/aromatic N) is 2. The van der Waals surface area contributed by atoms with E-state index in [1.54, 1.807) is 0 Å². The Kier molecular flexibility index (Phi) is 3.14. The van der Waals surface area contributed by atoms with Crippen molar-refractivity contribution in [2.24, 2.45) is 0 Å². The van der Waals surface area contributed by atoms with E-state index in [9.17, 15) is 5.11 Å². The van der Waals surface area contributed by atoms with Gasteiger partial charge in [-0.3, -0.25) is 4.68 Å². The first kappa shape index (κ1) is 13.1. The summed E-state index contributed by atoms with van der Waals surface area (Å²) in [5, 5.41) is 15.6. The summed E-state index contributed by atoms with van der Waals surface area (Å²) in [5.41, 5.74) is 2.20. The number of hydrogen-bond donors (Lipinski definition) is 1. The van der Waals surface area contributed by atoms with E-state index < -0.39 is 0 Å². The standard InChI is InChI=1S/C17H22N2O2/c1-11-8-12-10-19(13-2-4-14(20)5-3-13)18-16(12)9-17(11)21-15-6-7-15/h8-10,13-15,20H,2-7H2,1H3. The predicted molar refractivity (Wildman–Crippen MR) is 81.6 cm³/mol. The van der Waals surface area contributed by atoms with Crippen LogP contribution in [0.1, 0.15) is 50.1 Å². The molecule has 2 aromatic rings. The maximum atomic E-state index is 9.63. The third-order valence-corrected chi connectivity index (χ3v) is 4.68. The lowest BCUT2D eigenvalue weighted by Crippen LogP contribution is -2.21. The number of fused-ring (bicyclic) bond motifs is 1. The summed E-state index contributed by atoms with van der Waals surface area (Å²) in [6, 6.07) is 4.68. The SMILES string of the molecule is Cc1cc2cn(C3CCC(O)CC3)nc2cc1OC1CC1. The van der Waals surface area contributed by atoms with Crippen LogP contribution >= 0.6 is 0 Å².